The van der Waals surface area contributed by atoms with E-state index in [9.17, 15) is 4.79 Å². The minimum atomic E-state index is -0.199. The molecule has 2 N–H and O–H groups in total. The molecule has 0 radical (unpaired) electrons. The second kappa shape index (κ2) is 7.66. The first kappa shape index (κ1) is 15.3. The molecule has 6 heteroatoms. The van der Waals surface area contributed by atoms with Gasteiger partial charge in [0.15, 0.2) is 12.1 Å². The lowest BCUT2D eigenvalue weighted by Gasteiger charge is -2.19. The number of carbonyl (C=O) groups excluding carboxylic acids is 1. The summed E-state index contributed by atoms with van der Waals surface area (Å²) in [5.74, 6) is 0.763. The van der Waals surface area contributed by atoms with Crippen LogP contribution in [0.1, 0.15) is 27.7 Å². The third kappa shape index (κ3) is 4.51. The smallest absolute Gasteiger partial charge is 0.177 e. The van der Waals surface area contributed by atoms with Crippen molar-refractivity contribution < 1.29 is 14.3 Å². The summed E-state index contributed by atoms with van der Waals surface area (Å²) in [4.78, 5) is 11.3. The van der Waals surface area contributed by atoms with Crippen molar-refractivity contribution in [3.05, 3.63) is 11.4 Å². The van der Waals surface area contributed by atoms with Crippen molar-refractivity contribution in [3.63, 3.8) is 0 Å². The predicted octanol–water partition coefficient (Wildman–Crippen LogP) is 1.42. The van der Waals surface area contributed by atoms with Gasteiger partial charge < -0.3 is 20.1 Å². The summed E-state index contributed by atoms with van der Waals surface area (Å²) in [5.41, 5.74) is 1.56. The Balaban J connectivity index is 2.35. The molecule has 1 unspecified atom stereocenters. The average molecular weight is 274 g/mol. The van der Waals surface area contributed by atoms with Gasteiger partial charge in [-0.3, -0.25) is 4.79 Å². The highest BCUT2D eigenvalue weighted by atomic mass is 32.2. The van der Waals surface area contributed by atoms with E-state index < -0.39 is 0 Å². The predicted molar refractivity (Wildman–Crippen MR) is 72.9 cm³/mol. The van der Waals surface area contributed by atoms with Crippen LogP contribution in [0.4, 0.5) is 0 Å². The fourth-order valence-corrected chi connectivity index (χ4v) is 2.69. The third-order valence-electron chi connectivity index (χ3n) is 2.45. The Morgan fingerprint density at radius 3 is 2.39 bits per heavy atom. The topological polar surface area (TPSA) is 59.6 Å². The quantitative estimate of drug-likeness (QED) is 0.653. The minimum absolute atomic E-state index is 0.00677. The fraction of sp³-hybridized carbons (Fsp3) is 0.750. The van der Waals surface area contributed by atoms with Gasteiger partial charge in [0.05, 0.1) is 5.70 Å². The fourth-order valence-electron chi connectivity index (χ4n) is 1.68. The van der Waals surface area contributed by atoms with E-state index in [2.05, 4.69) is 10.6 Å². The molecule has 104 valence electrons. The Morgan fingerprint density at radius 2 is 1.94 bits per heavy atom. The van der Waals surface area contributed by atoms with Crippen LogP contribution in [0, 0.1) is 0 Å². The Bertz CT molecular complexity index is 314. The molecule has 0 amide bonds. The number of rotatable bonds is 8. The highest BCUT2D eigenvalue weighted by Crippen LogP contribution is 2.18. The molecule has 1 atom stereocenters. The lowest BCUT2D eigenvalue weighted by atomic mass is 10.3. The SMILES string of the molecule is CCOC(CSC1NC(C)=C(C(C)=O)N1)OCC. The number of hydrogen-bond donors (Lipinski definition) is 2. The van der Waals surface area contributed by atoms with Gasteiger partial charge in [-0.15, -0.1) is 11.8 Å². The normalized spacial score (nSPS) is 19.1. The average Bonchev–Trinajstić information content (AvgIpc) is 2.68. The van der Waals surface area contributed by atoms with Crippen molar-refractivity contribution >= 4 is 17.5 Å². The molecule has 0 aliphatic carbocycles. The summed E-state index contributed by atoms with van der Waals surface area (Å²) in [6, 6.07) is 0. The number of allylic oxidation sites excluding steroid dienone is 2. The van der Waals surface area contributed by atoms with Crippen molar-refractivity contribution in [1.29, 1.82) is 0 Å². The summed E-state index contributed by atoms with van der Waals surface area (Å²) in [7, 11) is 0. The maximum absolute atomic E-state index is 11.3. The molecule has 0 fully saturated rings. The van der Waals surface area contributed by atoms with E-state index in [0.29, 0.717) is 24.7 Å². The molecule has 1 aliphatic heterocycles. The first-order chi connectivity index (χ1) is 8.58. The molecule has 0 aromatic heterocycles. The first-order valence-electron chi connectivity index (χ1n) is 6.18. The van der Waals surface area contributed by atoms with Gasteiger partial charge in [0.1, 0.15) is 5.50 Å². The van der Waals surface area contributed by atoms with Crippen LogP contribution in [0.5, 0.6) is 0 Å². The van der Waals surface area contributed by atoms with E-state index in [1.54, 1.807) is 18.7 Å². The first-order valence-corrected chi connectivity index (χ1v) is 7.23. The number of thioether (sulfide) groups is 1. The van der Waals surface area contributed by atoms with Crippen LogP contribution >= 0.6 is 11.8 Å². The third-order valence-corrected chi connectivity index (χ3v) is 3.49. The zero-order valence-electron chi connectivity index (χ0n) is 11.4. The van der Waals surface area contributed by atoms with Crippen LogP contribution in [0.2, 0.25) is 0 Å². The molecule has 0 aromatic rings. The molecule has 18 heavy (non-hydrogen) atoms. The molecule has 0 spiro atoms. The molecule has 1 rings (SSSR count). The highest BCUT2D eigenvalue weighted by molar-refractivity contribution is 7.99. The summed E-state index contributed by atoms with van der Waals surface area (Å²) >= 11 is 1.63. The van der Waals surface area contributed by atoms with Gasteiger partial charge in [-0.05, 0) is 20.8 Å². The molecule has 0 saturated heterocycles. The van der Waals surface area contributed by atoms with Gasteiger partial charge >= 0.3 is 0 Å². The summed E-state index contributed by atoms with van der Waals surface area (Å²) in [5, 5.41) is 6.37. The molecule has 0 aromatic carbocycles. The molecule has 0 saturated carbocycles. The molecular formula is C12H22N2O3S. The van der Waals surface area contributed by atoms with Crippen LogP contribution in [0.15, 0.2) is 11.4 Å². The van der Waals surface area contributed by atoms with Gasteiger partial charge in [-0.1, -0.05) is 0 Å². The number of nitrogens with one attached hydrogen (secondary N) is 2. The van der Waals surface area contributed by atoms with Gasteiger partial charge in [0.25, 0.3) is 0 Å². The maximum atomic E-state index is 11.3. The van der Waals surface area contributed by atoms with Crippen molar-refractivity contribution in [2.45, 2.75) is 39.5 Å². The van der Waals surface area contributed by atoms with Crippen molar-refractivity contribution in [3.8, 4) is 0 Å². The zero-order chi connectivity index (χ0) is 13.5. The number of Topliss-reactive ketones (excluding diaryl/α,β-unsaturated/α-hetero) is 1. The molecular weight excluding hydrogens is 252 g/mol. The highest BCUT2D eigenvalue weighted by Gasteiger charge is 2.23. The maximum Gasteiger partial charge on any atom is 0.177 e. The van der Waals surface area contributed by atoms with Gasteiger partial charge in [-0.25, -0.2) is 0 Å². The molecule has 1 heterocycles. The van der Waals surface area contributed by atoms with Crippen LogP contribution in [-0.2, 0) is 14.3 Å². The van der Waals surface area contributed by atoms with E-state index in [0.717, 1.165) is 5.70 Å². The Kier molecular flexibility index (Phi) is 6.52. The monoisotopic (exact) mass is 274 g/mol. The van der Waals surface area contributed by atoms with Crippen LogP contribution in [-0.4, -0.2) is 36.5 Å². The second-order valence-electron chi connectivity index (χ2n) is 3.90. The van der Waals surface area contributed by atoms with Crippen molar-refractivity contribution in [2.75, 3.05) is 19.0 Å². The van der Waals surface area contributed by atoms with E-state index in [1.807, 2.05) is 20.8 Å². The molecule has 5 nitrogen and oxygen atoms in total. The van der Waals surface area contributed by atoms with Crippen LogP contribution in [0.25, 0.3) is 0 Å². The van der Waals surface area contributed by atoms with Gasteiger partial charge in [0.2, 0.25) is 0 Å². The van der Waals surface area contributed by atoms with Gasteiger partial charge in [0, 0.05) is 31.6 Å². The van der Waals surface area contributed by atoms with E-state index in [4.69, 9.17) is 9.47 Å². The molecule has 0 bridgehead atoms. The number of ketones is 1. The molecule has 1 aliphatic rings. The summed E-state index contributed by atoms with van der Waals surface area (Å²) in [6.07, 6.45) is -0.199. The number of carbonyl (C=O) groups is 1. The Labute approximate surface area is 113 Å². The van der Waals surface area contributed by atoms with E-state index in [1.165, 1.54) is 0 Å². The largest absolute Gasteiger partial charge is 0.359 e. The number of ether oxygens (including phenoxy) is 2. The minimum Gasteiger partial charge on any atom is -0.359 e. The lowest BCUT2D eigenvalue weighted by Crippen LogP contribution is -2.32. The van der Waals surface area contributed by atoms with Crippen molar-refractivity contribution in [1.82, 2.24) is 10.6 Å². The standard InChI is InChI=1S/C12H22N2O3S/c1-5-16-10(17-6-2)7-18-12-13-8(3)11(14-12)9(4)15/h10,12-14H,5-7H2,1-4H3. The van der Waals surface area contributed by atoms with E-state index >= 15 is 0 Å². The second-order valence-corrected chi connectivity index (χ2v) is 5.04. The van der Waals surface area contributed by atoms with E-state index in [-0.39, 0.29) is 17.6 Å². The zero-order valence-corrected chi connectivity index (χ0v) is 12.2. The summed E-state index contributed by atoms with van der Waals surface area (Å²) < 4.78 is 10.9. The van der Waals surface area contributed by atoms with Gasteiger partial charge in [-0.2, -0.15) is 0 Å². The Hall–Kier alpha value is -0.720. The van der Waals surface area contributed by atoms with Crippen LogP contribution < -0.4 is 10.6 Å². The Morgan fingerprint density at radius 1 is 1.33 bits per heavy atom. The number of hydrogen-bond acceptors (Lipinski definition) is 6. The van der Waals surface area contributed by atoms with Crippen molar-refractivity contribution in [2.24, 2.45) is 0 Å². The van der Waals surface area contributed by atoms with Crippen LogP contribution in [0.3, 0.4) is 0 Å². The lowest BCUT2D eigenvalue weighted by molar-refractivity contribution is -0.120. The summed E-state index contributed by atoms with van der Waals surface area (Å²) in [6.45, 7) is 8.61.